The summed E-state index contributed by atoms with van der Waals surface area (Å²) in [5.41, 5.74) is 0.705. The summed E-state index contributed by atoms with van der Waals surface area (Å²) in [6.07, 6.45) is 1.86. The second-order valence-corrected chi connectivity index (χ2v) is 7.74. The molecular formula is C21H16ClN3O4S. The molecule has 0 saturated heterocycles. The lowest BCUT2D eigenvalue weighted by atomic mass is 10.1. The maximum atomic E-state index is 12.9. The maximum Gasteiger partial charge on any atom is 0.296 e. The summed E-state index contributed by atoms with van der Waals surface area (Å²) in [4.78, 5) is 29.6. The number of fused-ring (bicyclic) bond motifs is 1. The number of nitrogens with zero attached hydrogens (tertiary/aromatic N) is 3. The first kappa shape index (κ1) is 20.1. The predicted molar refractivity (Wildman–Crippen MR) is 116 cm³/mol. The highest BCUT2D eigenvalue weighted by Crippen LogP contribution is 2.31. The standard InChI is InChI=1S/C21H16ClN3O4S/c1-28-16-9-5-7-13(18(16)29-2)11-17-20(27)25-21(30-17)23-19(26)15(24-25)10-12-6-3-4-8-14(12)22/h3-9,11H,10H2,1-2H3. The molecule has 0 bridgehead atoms. The van der Waals surface area contributed by atoms with E-state index in [0.29, 0.717) is 26.6 Å². The van der Waals surface area contributed by atoms with E-state index in [1.807, 2.05) is 6.07 Å². The number of para-hydroxylation sites is 1. The molecule has 7 nitrogen and oxygen atoms in total. The van der Waals surface area contributed by atoms with Gasteiger partial charge in [0.15, 0.2) is 11.5 Å². The van der Waals surface area contributed by atoms with Crippen LogP contribution < -0.4 is 25.1 Å². The Bertz CT molecular complexity index is 1410. The van der Waals surface area contributed by atoms with Crippen LogP contribution in [0.4, 0.5) is 0 Å². The monoisotopic (exact) mass is 441 g/mol. The van der Waals surface area contributed by atoms with Crippen molar-refractivity contribution in [1.82, 2.24) is 14.6 Å². The van der Waals surface area contributed by atoms with E-state index in [4.69, 9.17) is 21.1 Å². The Labute approximate surface area is 179 Å². The largest absolute Gasteiger partial charge is 0.493 e. The minimum atomic E-state index is -0.485. The Morgan fingerprint density at radius 2 is 1.90 bits per heavy atom. The summed E-state index contributed by atoms with van der Waals surface area (Å²) in [7, 11) is 3.07. The summed E-state index contributed by atoms with van der Waals surface area (Å²) >= 11 is 7.26. The van der Waals surface area contributed by atoms with Gasteiger partial charge in [0.1, 0.15) is 5.69 Å². The third kappa shape index (κ3) is 3.67. The molecule has 0 aliphatic carbocycles. The van der Waals surface area contributed by atoms with Gasteiger partial charge in [-0.25, -0.2) is 0 Å². The van der Waals surface area contributed by atoms with Gasteiger partial charge in [0.05, 0.1) is 18.8 Å². The van der Waals surface area contributed by atoms with Crippen molar-refractivity contribution in [1.29, 1.82) is 0 Å². The van der Waals surface area contributed by atoms with E-state index in [9.17, 15) is 9.59 Å². The van der Waals surface area contributed by atoms with Gasteiger partial charge in [-0.1, -0.05) is 53.3 Å². The van der Waals surface area contributed by atoms with Crippen molar-refractivity contribution in [3.63, 3.8) is 0 Å². The lowest BCUT2D eigenvalue weighted by Crippen LogP contribution is -2.28. The lowest BCUT2D eigenvalue weighted by molar-refractivity contribution is 0.354. The zero-order valence-electron chi connectivity index (χ0n) is 16.1. The second kappa shape index (κ2) is 8.25. The van der Waals surface area contributed by atoms with E-state index < -0.39 is 5.56 Å². The Balaban J connectivity index is 1.84. The molecule has 30 heavy (non-hydrogen) atoms. The average molecular weight is 442 g/mol. The van der Waals surface area contributed by atoms with Crippen molar-refractivity contribution in [2.75, 3.05) is 14.2 Å². The molecule has 4 rings (SSSR count). The number of benzene rings is 2. The molecule has 0 unspecified atom stereocenters. The molecule has 0 amide bonds. The smallest absolute Gasteiger partial charge is 0.296 e. The fraction of sp³-hybridized carbons (Fsp3) is 0.143. The Morgan fingerprint density at radius 1 is 1.10 bits per heavy atom. The number of halogens is 1. The van der Waals surface area contributed by atoms with Crippen LogP contribution in [-0.2, 0) is 6.42 Å². The number of hydrogen-bond donors (Lipinski definition) is 0. The van der Waals surface area contributed by atoms with Crippen molar-refractivity contribution >= 4 is 34.0 Å². The zero-order valence-corrected chi connectivity index (χ0v) is 17.7. The molecule has 0 atom stereocenters. The van der Waals surface area contributed by atoms with E-state index in [1.165, 1.54) is 7.11 Å². The van der Waals surface area contributed by atoms with Crippen LogP contribution in [0.15, 0.2) is 52.1 Å². The highest BCUT2D eigenvalue weighted by Gasteiger charge is 2.14. The van der Waals surface area contributed by atoms with E-state index >= 15 is 0 Å². The molecule has 2 aromatic heterocycles. The first-order chi connectivity index (χ1) is 14.5. The summed E-state index contributed by atoms with van der Waals surface area (Å²) in [6.45, 7) is 0. The highest BCUT2D eigenvalue weighted by atomic mass is 35.5. The number of methoxy groups -OCH3 is 2. The van der Waals surface area contributed by atoms with E-state index in [2.05, 4.69) is 10.1 Å². The zero-order chi connectivity index (χ0) is 21.3. The summed E-state index contributed by atoms with van der Waals surface area (Å²) in [5, 5.41) is 4.78. The van der Waals surface area contributed by atoms with Crippen LogP contribution in [0.25, 0.3) is 11.0 Å². The number of aromatic nitrogens is 3. The fourth-order valence-electron chi connectivity index (χ4n) is 3.04. The van der Waals surface area contributed by atoms with Crippen LogP contribution in [0.2, 0.25) is 5.02 Å². The molecule has 0 fully saturated rings. The third-order valence-electron chi connectivity index (χ3n) is 4.49. The Kier molecular flexibility index (Phi) is 5.52. The topological polar surface area (TPSA) is 82.8 Å². The van der Waals surface area contributed by atoms with Gasteiger partial charge in [-0.15, -0.1) is 0 Å². The Morgan fingerprint density at radius 3 is 2.63 bits per heavy atom. The highest BCUT2D eigenvalue weighted by molar-refractivity contribution is 7.15. The summed E-state index contributed by atoms with van der Waals surface area (Å²) in [5.74, 6) is 1.05. The molecule has 0 aliphatic heterocycles. The molecule has 2 aromatic carbocycles. The number of ether oxygens (including phenoxy) is 2. The second-order valence-electron chi connectivity index (χ2n) is 6.32. The van der Waals surface area contributed by atoms with Gasteiger partial charge >= 0.3 is 0 Å². The number of thiazole rings is 1. The van der Waals surface area contributed by atoms with E-state index in [-0.39, 0.29) is 22.6 Å². The molecular weight excluding hydrogens is 426 g/mol. The lowest BCUT2D eigenvalue weighted by Gasteiger charge is -2.09. The Hall–Kier alpha value is -3.23. The normalized spacial score (nSPS) is 11.8. The van der Waals surface area contributed by atoms with E-state index in [0.717, 1.165) is 21.4 Å². The predicted octanol–water partition coefficient (Wildman–Crippen LogP) is 2.32. The van der Waals surface area contributed by atoms with Crippen LogP contribution in [-0.4, -0.2) is 28.8 Å². The molecule has 0 N–H and O–H groups in total. The minimum Gasteiger partial charge on any atom is -0.493 e. The van der Waals surface area contributed by atoms with Gasteiger partial charge in [0, 0.05) is 17.0 Å². The molecule has 0 saturated carbocycles. The van der Waals surface area contributed by atoms with Crippen molar-refractivity contribution < 1.29 is 9.47 Å². The summed E-state index contributed by atoms with van der Waals surface area (Å²) in [6, 6.07) is 12.5. The summed E-state index contributed by atoms with van der Waals surface area (Å²) < 4.78 is 12.2. The van der Waals surface area contributed by atoms with Crippen LogP contribution in [0.1, 0.15) is 16.8 Å². The molecule has 0 radical (unpaired) electrons. The molecule has 9 heteroatoms. The van der Waals surface area contributed by atoms with Gasteiger partial charge < -0.3 is 9.47 Å². The quantitative estimate of drug-likeness (QED) is 0.472. The van der Waals surface area contributed by atoms with Crippen molar-refractivity contribution in [3.05, 3.63) is 89.5 Å². The van der Waals surface area contributed by atoms with Crippen LogP contribution in [0, 0.1) is 0 Å². The fourth-order valence-corrected chi connectivity index (χ4v) is 4.14. The van der Waals surface area contributed by atoms with Crippen molar-refractivity contribution in [2.45, 2.75) is 6.42 Å². The molecule has 152 valence electrons. The molecule has 2 heterocycles. The molecule has 4 aromatic rings. The average Bonchev–Trinajstić information content (AvgIpc) is 3.04. The van der Waals surface area contributed by atoms with Crippen molar-refractivity contribution in [2.24, 2.45) is 0 Å². The van der Waals surface area contributed by atoms with Crippen molar-refractivity contribution in [3.8, 4) is 11.5 Å². The minimum absolute atomic E-state index is 0.154. The van der Waals surface area contributed by atoms with Crippen LogP contribution in [0.5, 0.6) is 11.5 Å². The SMILES string of the molecule is COc1cccc(C=c2sc3nc(=O)c(Cc4ccccc4Cl)nn3c2=O)c1OC. The van der Waals surface area contributed by atoms with Crippen LogP contribution in [0.3, 0.4) is 0 Å². The van der Waals surface area contributed by atoms with E-state index in [1.54, 1.807) is 49.6 Å². The number of hydrogen-bond acceptors (Lipinski definition) is 7. The van der Waals surface area contributed by atoms with Gasteiger partial charge in [-0.05, 0) is 23.8 Å². The first-order valence-corrected chi connectivity index (χ1v) is 10.1. The molecule has 0 aliphatic rings. The van der Waals surface area contributed by atoms with Gasteiger partial charge in [0.25, 0.3) is 11.1 Å². The van der Waals surface area contributed by atoms with Gasteiger partial charge in [-0.2, -0.15) is 14.6 Å². The van der Waals surface area contributed by atoms with Gasteiger partial charge in [-0.3, -0.25) is 9.59 Å². The maximum absolute atomic E-state index is 12.9. The first-order valence-electron chi connectivity index (χ1n) is 8.90. The van der Waals surface area contributed by atoms with Gasteiger partial charge in [0.2, 0.25) is 4.96 Å². The van der Waals surface area contributed by atoms with Crippen LogP contribution >= 0.6 is 22.9 Å². The number of rotatable bonds is 5. The third-order valence-corrected chi connectivity index (χ3v) is 5.81. The molecule has 0 spiro atoms.